The molecule has 0 bridgehead atoms. The van der Waals surface area contributed by atoms with Crippen molar-refractivity contribution in [2.45, 2.75) is 27.7 Å². The fraction of sp³-hybridized carbons (Fsp3) is 0.286. The summed E-state index contributed by atoms with van der Waals surface area (Å²) in [5, 5.41) is 3.12. The highest BCUT2D eigenvalue weighted by Crippen LogP contribution is 2.35. The van der Waals surface area contributed by atoms with Crippen molar-refractivity contribution >= 4 is 26.5 Å². The van der Waals surface area contributed by atoms with Gasteiger partial charge in [0.15, 0.2) is 0 Å². The van der Waals surface area contributed by atoms with E-state index >= 15 is 0 Å². The van der Waals surface area contributed by atoms with Crippen molar-refractivity contribution in [3.05, 3.63) is 59.2 Å². The monoisotopic (exact) mass is 400 g/mol. The van der Waals surface area contributed by atoms with Crippen molar-refractivity contribution in [3.63, 3.8) is 0 Å². The molecule has 0 unspecified atom stereocenters. The first kappa shape index (κ1) is 19.9. The van der Waals surface area contributed by atoms with Gasteiger partial charge >= 0.3 is 0 Å². The summed E-state index contributed by atoms with van der Waals surface area (Å²) in [5.41, 5.74) is 2.85. The summed E-state index contributed by atoms with van der Waals surface area (Å²) in [7, 11) is -3.78. The Kier molecular flexibility index (Phi) is 5.74. The Hall–Kier alpha value is -2.80. The van der Waals surface area contributed by atoms with Crippen molar-refractivity contribution in [2.75, 3.05) is 18.5 Å². The van der Waals surface area contributed by atoms with Crippen LogP contribution in [0.3, 0.4) is 0 Å². The summed E-state index contributed by atoms with van der Waals surface area (Å²) < 4.78 is 40.6. The molecule has 148 valence electrons. The van der Waals surface area contributed by atoms with Crippen LogP contribution < -0.4 is 14.8 Å². The lowest BCUT2D eigenvalue weighted by atomic mass is 10.1. The molecule has 0 radical (unpaired) electrons. The molecule has 0 saturated heterocycles. The van der Waals surface area contributed by atoms with Crippen LogP contribution in [0.4, 0.5) is 5.69 Å². The van der Waals surface area contributed by atoms with Gasteiger partial charge < -0.3 is 14.8 Å². The minimum absolute atomic E-state index is 0.217. The zero-order chi connectivity index (χ0) is 20.3. The van der Waals surface area contributed by atoms with E-state index in [2.05, 4.69) is 9.71 Å². The Balaban J connectivity index is 2.00. The molecule has 28 heavy (non-hydrogen) atoms. The van der Waals surface area contributed by atoms with Crippen LogP contribution in [-0.2, 0) is 10.0 Å². The maximum Gasteiger partial charge on any atom is 0.285 e. The third-order valence-electron chi connectivity index (χ3n) is 4.29. The summed E-state index contributed by atoms with van der Waals surface area (Å²) in [4.78, 5) is 0.217. The van der Waals surface area contributed by atoms with Gasteiger partial charge in [0, 0.05) is 11.6 Å². The third kappa shape index (κ3) is 4.04. The molecular formula is C21H24N2O4S. The molecule has 6 nitrogen and oxygen atoms in total. The molecule has 0 aromatic heterocycles. The van der Waals surface area contributed by atoms with E-state index in [1.807, 2.05) is 39.0 Å². The molecule has 0 atom stereocenters. The van der Waals surface area contributed by atoms with E-state index in [4.69, 9.17) is 9.47 Å². The van der Waals surface area contributed by atoms with Gasteiger partial charge in [-0.15, -0.1) is 4.40 Å². The van der Waals surface area contributed by atoms with Crippen molar-refractivity contribution in [2.24, 2.45) is 4.40 Å². The smallest absolute Gasteiger partial charge is 0.285 e. The highest BCUT2D eigenvalue weighted by atomic mass is 32.2. The third-order valence-corrected chi connectivity index (χ3v) is 5.77. The maximum absolute atomic E-state index is 12.7. The van der Waals surface area contributed by atoms with Crippen LogP contribution in [0, 0.1) is 6.92 Å². The van der Waals surface area contributed by atoms with Crippen molar-refractivity contribution in [3.8, 4) is 11.5 Å². The molecule has 0 aliphatic carbocycles. The van der Waals surface area contributed by atoms with Gasteiger partial charge in [0.25, 0.3) is 10.0 Å². The van der Waals surface area contributed by atoms with Crippen LogP contribution in [0.1, 0.15) is 31.9 Å². The first-order chi connectivity index (χ1) is 13.4. The van der Waals surface area contributed by atoms with E-state index in [9.17, 15) is 8.42 Å². The number of benzene rings is 2. The van der Waals surface area contributed by atoms with E-state index in [0.29, 0.717) is 41.5 Å². The van der Waals surface area contributed by atoms with Gasteiger partial charge in [-0.25, -0.2) is 0 Å². The summed E-state index contributed by atoms with van der Waals surface area (Å²) in [5.74, 6) is 1.54. The summed E-state index contributed by atoms with van der Waals surface area (Å²) in [6.45, 7) is 8.50. The van der Waals surface area contributed by atoms with Crippen molar-refractivity contribution in [1.29, 1.82) is 0 Å². The van der Waals surface area contributed by atoms with Gasteiger partial charge in [0.2, 0.25) is 0 Å². The molecule has 1 aliphatic rings. The molecule has 0 saturated carbocycles. The van der Waals surface area contributed by atoms with E-state index in [1.165, 1.54) is 0 Å². The largest absolute Gasteiger partial charge is 0.494 e. The quantitative estimate of drug-likeness (QED) is 0.779. The van der Waals surface area contributed by atoms with Crippen LogP contribution in [0.15, 0.2) is 52.4 Å². The molecule has 1 N–H and O–H groups in total. The van der Waals surface area contributed by atoms with Crippen molar-refractivity contribution in [1.82, 2.24) is 0 Å². The number of amidine groups is 1. The number of hydrogen-bond acceptors (Lipinski definition) is 5. The topological polar surface area (TPSA) is 77.0 Å². The fourth-order valence-electron chi connectivity index (χ4n) is 2.99. The Labute approximate surface area is 166 Å². The number of rotatable bonds is 6. The molecule has 1 aliphatic heterocycles. The normalized spacial score (nSPS) is 15.4. The molecule has 2 aromatic rings. The lowest BCUT2D eigenvalue weighted by molar-refractivity contribution is 0.332. The first-order valence-corrected chi connectivity index (χ1v) is 10.6. The number of ether oxygens (including phenoxy) is 2. The first-order valence-electron chi connectivity index (χ1n) is 9.15. The van der Waals surface area contributed by atoms with Crippen LogP contribution in [0.5, 0.6) is 11.5 Å². The Morgan fingerprint density at radius 2 is 1.64 bits per heavy atom. The number of sulfonamides is 1. The Bertz CT molecular complexity index is 1040. The second-order valence-corrected chi connectivity index (χ2v) is 7.93. The molecule has 0 spiro atoms. The van der Waals surface area contributed by atoms with E-state index in [0.717, 1.165) is 5.56 Å². The minimum Gasteiger partial charge on any atom is -0.494 e. The number of aryl methyl sites for hydroxylation is 1. The highest BCUT2D eigenvalue weighted by molar-refractivity contribution is 8.00. The average Bonchev–Trinajstić information content (AvgIpc) is 2.87. The second-order valence-electron chi connectivity index (χ2n) is 6.38. The molecule has 1 heterocycles. The number of anilines is 1. The van der Waals surface area contributed by atoms with E-state index in [1.54, 1.807) is 31.2 Å². The van der Waals surface area contributed by atoms with Crippen molar-refractivity contribution < 1.29 is 17.9 Å². The average molecular weight is 401 g/mol. The Morgan fingerprint density at radius 3 is 2.29 bits per heavy atom. The standard InChI is InChI=1S/C21H24N2O4S/c1-5-26-17-11-12-19(27-6-2)18(13-17)22-21-15(4)20(28(24,25)23-21)16-9-7-14(3)8-10-16/h7-13H,5-6H2,1-4H3,(H,22,23). The predicted octanol–water partition coefficient (Wildman–Crippen LogP) is 4.38. The Morgan fingerprint density at radius 1 is 0.964 bits per heavy atom. The molecule has 0 amide bonds. The second kappa shape index (κ2) is 8.06. The van der Waals surface area contributed by atoms with Gasteiger partial charge in [-0.3, -0.25) is 0 Å². The van der Waals surface area contributed by atoms with E-state index in [-0.39, 0.29) is 10.7 Å². The van der Waals surface area contributed by atoms with Gasteiger partial charge in [-0.05, 0) is 45.4 Å². The molecular weight excluding hydrogens is 376 g/mol. The van der Waals surface area contributed by atoms with Crippen LogP contribution in [0.25, 0.3) is 4.91 Å². The summed E-state index contributed by atoms with van der Waals surface area (Å²) in [6, 6.07) is 12.7. The zero-order valence-electron chi connectivity index (χ0n) is 16.4. The summed E-state index contributed by atoms with van der Waals surface area (Å²) in [6.07, 6.45) is 0. The van der Waals surface area contributed by atoms with Gasteiger partial charge in [0.05, 0.1) is 18.9 Å². The lowest BCUT2D eigenvalue weighted by Crippen LogP contribution is -2.13. The SMILES string of the molecule is CCOc1ccc(OCC)c(NC2=NS(=O)(=O)C(c3ccc(C)cc3)=C2C)c1. The van der Waals surface area contributed by atoms with E-state index < -0.39 is 10.0 Å². The fourth-order valence-corrected chi connectivity index (χ4v) is 4.43. The van der Waals surface area contributed by atoms with Gasteiger partial charge in [0.1, 0.15) is 22.2 Å². The zero-order valence-corrected chi connectivity index (χ0v) is 17.3. The van der Waals surface area contributed by atoms with Gasteiger partial charge in [-0.1, -0.05) is 29.8 Å². The molecule has 0 fully saturated rings. The maximum atomic E-state index is 12.7. The molecule has 3 rings (SSSR count). The molecule has 7 heteroatoms. The van der Waals surface area contributed by atoms with Crippen LogP contribution >= 0.6 is 0 Å². The lowest BCUT2D eigenvalue weighted by Gasteiger charge is -2.14. The highest BCUT2D eigenvalue weighted by Gasteiger charge is 2.31. The van der Waals surface area contributed by atoms with Crippen LogP contribution in [0.2, 0.25) is 0 Å². The minimum atomic E-state index is -3.78. The van der Waals surface area contributed by atoms with Crippen LogP contribution in [-0.4, -0.2) is 27.5 Å². The number of hydrogen-bond donors (Lipinski definition) is 1. The predicted molar refractivity (Wildman–Crippen MR) is 113 cm³/mol. The molecule has 2 aromatic carbocycles. The number of nitrogens with zero attached hydrogens (tertiary/aromatic N) is 1. The number of nitrogens with one attached hydrogen (secondary N) is 1. The summed E-state index contributed by atoms with van der Waals surface area (Å²) >= 11 is 0. The van der Waals surface area contributed by atoms with Gasteiger partial charge in [-0.2, -0.15) is 8.42 Å².